The predicted molar refractivity (Wildman–Crippen MR) is 51.5 cm³/mol. The smallest absolute Gasteiger partial charge is 0.171 e. The maximum atomic E-state index is 8.86. The van der Waals surface area contributed by atoms with Crippen molar-refractivity contribution in [3.8, 4) is 0 Å². The van der Waals surface area contributed by atoms with E-state index in [-0.39, 0.29) is 6.15 Å². The third-order valence-corrected chi connectivity index (χ3v) is 1.93. The highest BCUT2D eigenvalue weighted by Gasteiger charge is 2.31. The molecule has 0 aromatic heterocycles. The lowest BCUT2D eigenvalue weighted by molar-refractivity contribution is -0.0705. The van der Waals surface area contributed by atoms with Gasteiger partial charge in [-0.2, -0.15) is 0 Å². The summed E-state index contributed by atoms with van der Waals surface area (Å²) in [6.07, 6.45) is 2.25. The van der Waals surface area contributed by atoms with Crippen LogP contribution in [0.1, 0.15) is 12.8 Å². The lowest BCUT2D eigenvalue weighted by Gasteiger charge is -2.25. The van der Waals surface area contributed by atoms with Gasteiger partial charge in [-0.05, 0) is 12.8 Å². The minimum Gasteiger partial charge on any atom is -0.367 e. The average molecular weight is 194 g/mol. The fourth-order valence-electron chi connectivity index (χ4n) is 0.774. The van der Waals surface area contributed by atoms with Gasteiger partial charge in [0.15, 0.2) is 6.29 Å². The molecule has 0 fully saturated rings. The van der Waals surface area contributed by atoms with Gasteiger partial charge in [-0.1, -0.05) is 12.2 Å². The maximum Gasteiger partial charge on any atom is 0.171 e. The summed E-state index contributed by atoms with van der Waals surface area (Å²) >= 11 is 5.83. The van der Waals surface area contributed by atoms with Crippen LogP contribution in [0.25, 0.3) is 0 Å². The zero-order chi connectivity index (χ0) is 8.91. The highest BCUT2D eigenvalue weighted by molar-refractivity contribution is 6.24. The van der Waals surface area contributed by atoms with E-state index >= 15 is 0 Å². The Morgan fingerprint density at radius 1 is 1.25 bits per heavy atom. The molecule has 0 aliphatic heterocycles. The molecule has 3 nitrogen and oxygen atoms in total. The molecule has 0 bridgehead atoms. The van der Waals surface area contributed by atoms with E-state index in [1.54, 1.807) is 12.2 Å². The van der Waals surface area contributed by atoms with Crippen molar-refractivity contribution < 1.29 is 10.2 Å². The Kier molecular flexibility index (Phi) is 7.33. The zero-order valence-corrected chi connectivity index (χ0v) is 7.80. The normalized spacial score (nSPS) is 10.7. The molecule has 0 heterocycles. The zero-order valence-electron chi connectivity index (χ0n) is 7.04. The topological polar surface area (TPSA) is 75.5 Å². The van der Waals surface area contributed by atoms with Crippen molar-refractivity contribution in [1.82, 2.24) is 6.15 Å². The van der Waals surface area contributed by atoms with E-state index < -0.39 is 11.2 Å². The fraction of sp³-hybridized carbons (Fsp3) is 0.500. The summed E-state index contributed by atoms with van der Waals surface area (Å²) in [6, 6.07) is 0. The van der Waals surface area contributed by atoms with Crippen LogP contribution in [-0.2, 0) is 0 Å². The Labute approximate surface area is 77.9 Å². The SMILES string of the molecule is C=CCC(Cl)(CC=C)C(O)O.N. The number of aliphatic hydroxyl groups is 2. The largest absolute Gasteiger partial charge is 0.367 e. The van der Waals surface area contributed by atoms with Crippen molar-refractivity contribution in [1.29, 1.82) is 0 Å². The highest BCUT2D eigenvalue weighted by Crippen LogP contribution is 2.28. The Hall–Kier alpha value is -0.350. The van der Waals surface area contributed by atoms with Gasteiger partial charge in [0.2, 0.25) is 0 Å². The van der Waals surface area contributed by atoms with Gasteiger partial charge >= 0.3 is 0 Å². The molecule has 0 saturated heterocycles. The second kappa shape index (κ2) is 6.20. The molecular formula is C8H16ClNO2. The van der Waals surface area contributed by atoms with Gasteiger partial charge < -0.3 is 16.4 Å². The molecule has 0 aromatic carbocycles. The van der Waals surface area contributed by atoms with Crippen LogP contribution in [-0.4, -0.2) is 21.4 Å². The molecule has 0 saturated carbocycles. The molecule has 72 valence electrons. The number of hydrogen-bond donors (Lipinski definition) is 3. The van der Waals surface area contributed by atoms with E-state index in [1.807, 2.05) is 0 Å². The molecule has 0 aliphatic carbocycles. The number of alkyl halides is 1. The molecule has 0 rings (SSSR count). The maximum absolute atomic E-state index is 8.86. The number of hydrogen-bond acceptors (Lipinski definition) is 3. The van der Waals surface area contributed by atoms with Crippen LogP contribution in [0.4, 0.5) is 0 Å². The number of rotatable bonds is 5. The summed E-state index contributed by atoms with van der Waals surface area (Å²) < 4.78 is 0. The molecule has 0 aromatic rings. The second-order valence-corrected chi connectivity index (χ2v) is 3.15. The monoisotopic (exact) mass is 193 g/mol. The minimum atomic E-state index is -1.54. The van der Waals surface area contributed by atoms with Crippen LogP contribution in [0, 0.1) is 0 Å². The Morgan fingerprint density at radius 2 is 1.58 bits per heavy atom. The standard InChI is InChI=1S/C8H13ClO2.H3N/c1-3-5-8(9,6-4-2)7(10)11;/h3-4,7,10-11H,1-2,5-6H2;1H3. The fourth-order valence-corrected chi connectivity index (χ4v) is 0.992. The Bertz CT molecular complexity index is 138. The van der Waals surface area contributed by atoms with E-state index in [0.29, 0.717) is 12.8 Å². The van der Waals surface area contributed by atoms with Crippen molar-refractivity contribution in [2.24, 2.45) is 0 Å². The Morgan fingerprint density at radius 3 is 1.75 bits per heavy atom. The van der Waals surface area contributed by atoms with Gasteiger partial charge in [-0.15, -0.1) is 24.8 Å². The molecule has 4 heteroatoms. The molecule has 12 heavy (non-hydrogen) atoms. The quantitative estimate of drug-likeness (QED) is 0.353. The first-order valence-electron chi connectivity index (χ1n) is 3.33. The lowest BCUT2D eigenvalue weighted by Crippen LogP contribution is -2.35. The molecule has 0 aliphatic rings. The first kappa shape index (κ1) is 14.2. The van der Waals surface area contributed by atoms with Crippen LogP contribution in [0.2, 0.25) is 0 Å². The van der Waals surface area contributed by atoms with E-state index in [4.69, 9.17) is 21.8 Å². The number of allylic oxidation sites excluding steroid dienone is 2. The van der Waals surface area contributed by atoms with Crippen LogP contribution in [0.5, 0.6) is 0 Å². The molecule has 0 amide bonds. The van der Waals surface area contributed by atoms with Crippen molar-refractivity contribution in [2.75, 3.05) is 0 Å². The van der Waals surface area contributed by atoms with Crippen LogP contribution in [0.15, 0.2) is 25.3 Å². The third kappa shape index (κ3) is 3.88. The van der Waals surface area contributed by atoms with Crippen LogP contribution < -0.4 is 6.15 Å². The third-order valence-electron chi connectivity index (χ3n) is 1.43. The lowest BCUT2D eigenvalue weighted by atomic mass is 10.00. The van der Waals surface area contributed by atoms with Gasteiger partial charge in [0.1, 0.15) is 4.87 Å². The second-order valence-electron chi connectivity index (χ2n) is 2.39. The van der Waals surface area contributed by atoms with Crippen molar-refractivity contribution >= 4 is 11.6 Å². The number of aliphatic hydroxyl groups excluding tert-OH is 1. The summed E-state index contributed by atoms with van der Waals surface area (Å²) in [6.45, 7) is 6.94. The minimum absolute atomic E-state index is 0. The highest BCUT2D eigenvalue weighted by atomic mass is 35.5. The molecule has 0 radical (unpaired) electrons. The van der Waals surface area contributed by atoms with E-state index in [9.17, 15) is 0 Å². The van der Waals surface area contributed by atoms with E-state index in [2.05, 4.69) is 13.2 Å². The predicted octanol–water partition coefficient (Wildman–Crippen LogP) is 1.59. The van der Waals surface area contributed by atoms with Gasteiger partial charge in [-0.25, -0.2) is 0 Å². The van der Waals surface area contributed by atoms with Crippen molar-refractivity contribution in [2.45, 2.75) is 24.0 Å². The summed E-state index contributed by atoms with van der Waals surface area (Å²) in [5, 5.41) is 17.7. The average Bonchev–Trinajstić information content (AvgIpc) is 1.88. The van der Waals surface area contributed by atoms with Gasteiger partial charge in [0.25, 0.3) is 0 Å². The van der Waals surface area contributed by atoms with Crippen LogP contribution >= 0.6 is 11.6 Å². The molecule has 5 N–H and O–H groups in total. The van der Waals surface area contributed by atoms with E-state index in [1.165, 1.54) is 0 Å². The number of halogens is 1. The Balaban J connectivity index is 0. The summed E-state index contributed by atoms with van der Waals surface area (Å²) in [5.41, 5.74) is 0. The summed E-state index contributed by atoms with van der Waals surface area (Å²) in [5.74, 6) is 0. The van der Waals surface area contributed by atoms with Gasteiger partial charge in [-0.3, -0.25) is 0 Å². The van der Waals surface area contributed by atoms with Gasteiger partial charge in [0.05, 0.1) is 0 Å². The van der Waals surface area contributed by atoms with Crippen molar-refractivity contribution in [3.05, 3.63) is 25.3 Å². The van der Waals surface area contributed by atoms with Gasteiger partial charge in [0, 0.05) is 0 Å². The summed E-state index contributed by atoms with van der Waals surface area (Å²) in [7, 11) is 0. The summed E-state index contributed by atoms with van der Waals surface area (Å²) in [4.78, 5) is -1.05. The molecule has 0 atom stereocenters. The van der Waals surface area contributed by atoms with Crippen LogP contribution in [0.3, 0.4) is 0 Å². The van der Waals surface area contributed by atoms with Crippen molar-refractivity contribution in [3.63, 3.8) is 0 Å². The van der Waals surface area contributed by atoms with E-state index in [0.717, 1.165) is 0 Å². The molecular weight excluding hydrogens is 178 g/mol. The molecule has 0 unspecified atom stereocenters. The molecule has 0 spiro atoms. The first-order valence-corrected chi connectivity index (χ1v) is 3.71. The first-order chi connectivity index (χ1) is 5.06.